The fourth-order valence-electron chi connectivity index (χ4n) is 4.81. The van der Waals surface area contributed by atoms with Gasteiger partial charge in [0.15, 0.2) is 0 Å². The molecule has 2 heterocycles. The van der Waals surface area contributed by atoms with Crippen LogP contribution in [0.25, 0.3) is 0 Å². The van der Waals surface area contributed by atoms with Crippen molar-refractivity contribution < 1.29 is 14.3 Å². The van der Waals surface area contributed by atoms with Crippen LogP contribution in [0.15, 0.2) is 24.3 Å². The third-order valence-corrected chi connectivity index (χ3v) is 6.75. The van der Waals surface area contributed by atoms with Crippen LogP contribution >= 0.6 is 11.6 Å². The summed E-state index contributed by atoms with van der Waals surface area (Å²) in [6, 6.07) is 7.88. The predicted molar refractivity (Wildman–Crippen MR) is 108 cm³/mol. The number of carbonyl (C=O) groups is 2. The fourth-order valence-corrected chi connectivity index (χ4v) is 4.99. The van der Waals surface area contributed by atoms with Crippen molar-refractivity contribution in [3.05, 3.63) is 29.3 Å². The maximum atomic E-state index is 13.1. The van der Waals surface area contributed by atoms with Gasteiger partial charge in [0.2, 0.25) is 11.8 Å². The second-order valence-corrected chi connectivity index (χ2v) is 8.70. The van der Waals surface area contributed by atoms with E-state index in [0.29, 0.717) is 49.3 Å². The first-order chi connectivity index (χ1) is 13.6. The molecule has 0 N–H and O–H groups in total. The van der Waals surface area contributed by atoms with Gasteiger partial charge in [0.1, 0.15) is 11.9 Å². The van der Waals surface area contributed by atoms with E-state index in [1.54, 1.807) is 0 Å². The summed E-state index contributed by atoms with van der Waals surface area (Å²) in [6.07, 6.45) is 7.51. The molecule has 3 aliphatic rings. The molecule has 0 aromatic heterocycles. The van der Waals surface area contributed by atoms with E-state index < -0.39 is 0 Å². The van der Waals surface area contributed by atoms with Crippen molar-refractivity contribution in [3.8, 4) is 5.75 Å². The average Bonchev–Trinajstić information content (AvgIpc) is 3.25. The van der Waals surface area contributed by atoms with E-state index in [9.17, 15) is 9.59 Å². The zero-order valence-corrected chi connectivity index (χ0v) is 17.1. The summed E-state index contributed by atoms with van der Waals surface area (Å²) in [6.45, 7) is 2.03. The SMILES string of the molecule is O=C(C1CCC(=O)N(C2CCCC2)C1)N1CCC(Oc2ccccc2Cl)CC1. The smallest absolute Gasteiger partial charge is 0.227 e. The van der Waals surface area contributed by atoms with Crippen molar-refractivity contribution >= 4 is 23.4 Å². The van der Waals surface area contributed by atoms with E-state index in [2.05, 4.69) is 0 Å². The minimum absolute atomic E-state index is 0.0423. The van der Waals surface area contributed by atoms with Crippen LogP contribution in [0.4, 0.5) is 0 Å². The molecule has 2 saturated heterocycles. The van der Waals surface area contributed by atoms with Gasteiger partial charge in [-0.05, 0) is 31.4 Å². The quantitative estimate of drug-likeness (QED) is 0.764. The maximum absolute atomic E-state index is 13.1. The van der Waals surface area contributed by atoms with Gasteiger partial charge < -0.3 is 14.5 Å². The van der Waals surface area contributed by atoms with Crippen LogP contribution in [0.2, 0.25) is 5.02 Å². The van der Waals surface area contributed by atoms with E-state index in [1.807, 2.05) is 34.1 Å². The van der Waals surface area contributed by atoms with Gasteiger partial charge in [-0.2, -0.15) is 0 Å². The monoisotopic (exact) mass is 404 g/mol. The number of para-hydroxylation sites is 1. The molecule has 28 heavy (non-hydrogen) atoms. The van der Waals surface area contributed by atoms with Gasteiger partial charge in [-0.25, -0.2) is 0 Å². The Hall–Kier alpha value is -1.75. The molecule has 0 radical (unpaired) electrons. The third kappa shape index (κ3) is 4.29. The number of ether oxygens (including phenoxy) is 1. The number of rotatable bonds is 4. The van der Waals surface area contributed by atoms with E-state index in [0.717, 1.165) is 25.7 Å². The Morgan fingerprint density at radius 1 is 1.04 bits per heavy atom. The summed E-state index contributed by atoms with van der Waals surface area (Å²) >= 11 is 6.18. The molecule has 2 amide bonds. The summed E-state index contributed by atoms with van der Waals surface area (Å²) in [5.74, 6) is 1.13. The summed E-state index contributed by atoms with van der Waals surface area (Å²) in [5.41, 5.74) is 0. The first-order valence-electron chi connectivity index (χ1n) is 10.6. The largest absolute Gasteiger partial charge is 0.489 e. The molecule has 6 heteroatoms. The molecule has 5 nitrogen and oxygen atoms in total. The highest BCUT2D eigenvalue weighted by Gasteiger charge is 2.37. The topological polar surface area (TPSA) is 49.9 Å². The molecule has 1 saturated carbocycles. The molecule has 1 aromatic carbocycles. The number of likely N-dealkylation sites (tertiary alicyclic amines) is 2. The van der Waals surface area contributed by atoms with Crippen molar-refractivity contribution in [2.24, 2.45) is 5.92 Å². The Labute approximate surface area is 172 Å². The van der Waals surface area contributed by atoms with Crippen LogP contribution in [-0.2, 0) is 9.59 Å². The highest BCUT2D eigenvalue weighted by atomic mass is 35.5. The standard InChI is InChI=1S/C22H29ClN2O3/c23-19-7-3-4-8-20(19)28-18-11-13-24(14-12-18)22(27)16-9-10-21(26)25(15-16)17-5-1-2-6-17/h3-4,7-8,16-18H,1-2,5-6,9-15H2. The van der Waals surface area contributed by atoms with E-state index in [-0.39, 0.29) is 23.8 Å². The van der Waals surface area contributed by atoms with Crippen molar-refractivity contribution in [2.45, 2.75) is 63.5 Å². The summed E-state index contributed by atoms with van der Waals surface area (Å²) in [7, 11) is 0. The molecule has 0 bridgehead atoms. The number of benzene rings is 1. The van der Waals surface area contributed by atoms with Crippen molar-refractivity contribution in [1.29, 1.82) is 0 Å². The Kier molecular flexibility index (Phi) is 6.10. The molecule has 0 spiro atoms. The molecule has 152 valence electrons. The third-order valence-electron chi connectivity index (χ3n) is 6.44. The Bertz CT molecular complexity index is 711. The van der Waals surface area contributed by atoms with Crippen molar-refractivity contribution in [1.82, 2.24) is 9.80 Å². The number of piperidine rings is 2. The normalized spacial score (nSPS) is 24.6. The minimum atomic E-state index is -0.0423. The second-order valence-electron chi connectivity index (χ2n) is 8.29. The lowest BCUT2D eigenvalue weighted by Crippen LogP contribution is -2.51. The van der Waals surface area contributed by atoms with Crippen molar-refractivity contribution in [2.75, 3.05) is 19.6 Å². The second kappa shape index (κ2) is 8.73. The number of hydrogen-bond donors (Lipinski definition) is 0. The summed E-state index contributed by atoms with van der Waals surface area (Å²) in [4.78, 5) is 29.4. The van der Waals surface area contributed by atoms with Gasteiger partial charge >= 0.3 is 0 Å². The number of amides is 2. The van der Waals surface area contributed by atoms with Crippen LogP contribution in [0, 0.1) is 5.92 Å². The summed E-state index contributed by atoms with van der Waals surface area (Å²) < 4.78 is 6.04. The van der Waals surface area contributed by atoms with Crippen LogP contribution < -0.4 is 4.74 Å². The molecule has 1 atom stereocenters. The molecule has 1 unspecified atom stereocenters. The highest BCUT2D eigenvalue weighted by molar-refractivity contribution is 6.32. The molecule has 1 aliphatic carbocycles. The number of hydrogen-bond acceptors (Lipinski definition) is 3. The Morgan fingerprint density at radius 2 is 1.75 bits per heavy atom. The molecule has 1 aromatic rings. The number of halogens is 1. The molecular formula is C22H29ClN2O3. The van der Waals surface area contributed by atoms with Gasteiger partial charge in [0.05, 0.1) is 10.9 Å². The molecular weight excluding hydrogens is 376 g/mol. The predicted octanol–water partition coefficient (Wildman–Crippen LogP) is 3.89. The molecule has 2 aliphatic heterocycles. The van der Waals surface area contributed by atoms with Crippen LogP contribution in [0.5, 0.6) is 5.75 Å². The van der Waals surface area contributed by atoms with Gasteiger partial charge in [-0.15, -0.1) is 0 Å². The first kappa shape index (κ1) is 19.6. The van der Waals surface area contributed by atoms with E-state index in [4.69, 9.17) is 16.3 Å². The van der Waals surface area contributed by atoms with Crippen LogP contribution in [0.3, 0.4) is 0 Å². The first-order valence-corrected chi connectivity index (χ1v) is 11.0. The molecule has 4 rings (SSSR count). The fraction of sp³-hybridized carbons (Fsp3) is 0.636. The van der Waals surface area contributed by atoms with Crippen LogP contribution in [0.1, 0.15) is 51.4 Å². The van der Waals surface area contributed by atoms with E-state index in [1.165, 1.54) is 12.8 Å². The van der Waals surface area contributed by atoms with Crippen LogP contribution in [-0.4, -0.2) is 53.4 Å². The zero-order chi connectivity index (χ0) is 19.5. The van der Waals surface area contributed by atoms with Gasteiger partial charge in [0.25, 0.3) is 0 Å². The van der Waals surface area contributed by atoms with Gasteiger partial charge in [-0.3, -0.25) is 9.59 Å². The lowest BCUT2D eigenvalue weighted by atomic mass is 9.93. The number of carbonyl (C=O) groups excluding carboxylic acids is 2. The minimum Gasteiger partial charge on any atom is -0.489 e. The average molecular weight is 405 g/mol. The van der Waals surface area contributed by atoms with Gasteiger partial charge in [-0.1, -0.05) is 36.6 Å². The molecule has 3 fully saturated rings. The maximum Gasteiger partial charge on any atom is 0.227 e. The lowest BCUT2D eigenvalue weighted by Gasteiger charge is -2.39. The zero-order valence-electron chi connectivity index (χ0n) is 16.3. The Morgan fingerprint density at radius 3 is 2.46 bits per heavy atom. The van der Waals surface area contributed by atoms with Crippen molar-refractivity contribution in [3.63, 3.8) is 0 Å². The lowest BCUT2D eigenvalue weighted by molar-refractivity contribution is -0.145. The van der Waals surface area contributed by atoms with E-state index >= 15 is 0 Å². The summed E-state index contributed by atoms with van der Waals surface area (Å²) in [5, 5.41) is 0.625. The number of nitrogens with zero attached hydrogens (tertiary/aromatic N) is 2. The Balaban J connectivity index is 1.30. The highest BCUT2D eigenvalue weighted by Crippen LogP contribution is 2.31. The van der Waals surface area contributed by atoms with Gasteiger partial charge in [0, 0.05) is 44.9 Å².